The molecule has 110 valence electrons. The summed E-state index contributed by atoms with van der Waals surface area (Å²) < 4.78 is 0. The Kier molecular flexibility index (Phi) is 7.05. The highest BCUT2D eigenvalue weighted by Gasteiger charge is 2.34. The molecule has 0 aliphatic heterocycles. The smallest absolute Gasteiger partial charge is 0.0331 e. The van der Waals surface area contributed by atoms with Crippen LogP contribution in [0, 0.1) is 0 Å². The van der Waals surface area contributed by atoms with E-state index in [-0.39, 0.29) is 5.54 Å². The van der Waals surface area contributed by atoms with Gasteiger partial charge in [-0.2, -0.15) is 0 Å². The Hall–Kier alpha value is -0.380. The molecule has 2 N–H and O–H groups in total. The van der Waals surface area contributed by atoms with Crippen LogP contribution in [0.15, 0.2) is 17.5 Å². The second-order valence-electron chi connectivity index (χ2n) is 5.67. The summed E-state index contributed by atoms with van der Waals surface area (Å²) >= 11 is 1.86. The molecule has 0 radical (unpaired) electrons. The predicted octanol–water partition coefficient (Wildman–Crippen LogP) is 3.91. The molecule has 1 aromatic heterocycles. The van der Waals surface area contributed by atoms with Crippen LogP contribution in [-0.2, 0) is 6.42 Å². The molecular formula is C16H30N2S. The van der Waals surface area contributed by atoms with Crippen LogP contribution in [0.1, 0.15) is 51.3 Å². The van der Waals surface area contributed by atoms with Crippen molar-refractivity contribution in [3.8, 4) is 0 Å². The molecule has 0 saturated heterocycles. The highest BCUT2D eigenvalue weighted by Crippen LogP contribution is 2.28. The summed E-state index contributed by atoms with van der Waals surface area (Å²) in [6.45, 7) is 7.62. The third-order valence-corrected chi connectivity index (χ3v) is 5.20. The Morgan fingerprint density at radius 1 is 1.32 bits per heavy atom. The second kappa shape index (κ2) is 8.03. The molecule has 1 unspecified atom stereocenters. The standard InChI is InChI=1S/C16H30N2S/c1-5-9-16(13-17,10-6-2)18(4)14(3)12-15-8-7-11-19-15/h7-8,11,14H,5-6,9-10,12-13,17H2,1-4H3. The lowest BCUT2D eigenvalue weighted by Crippen LogP contribution is -2.55. The quantitative estimate of drug-likeness (QED) is 0.744. The van der Waals surface area contributed by atoms with Crippen LogP contribution in [0.5, 0.6) is 0 Å². The Morgan fingerprint density at radius 2 is 1.95 bits per heavy atom. The molecule has 1 aromatic rings. The van der Waals surface area contributed by atoms with E-state index in [1.54, 1.807) is 0 Å². The van der Waals surface area contributed by atoms with Gasteiger partial charge >= 0.3 is 0 Å². The van der Waals surface area contributed by atoms with Crippen molar-refractivity contribution >= 4 is 11.3 Å². The van der Waals surface area contributed by atoms with Crippen molar-refractivity contribution in [3.63, 3.8) is 0 Å². The van der Waals surface area contributed by atoms with Crippen molar-refractivity contribution in [3.05, 3.63) is 22.4 Å². The molecule has 1 atom stereocenters. The van der Waals surface area contributed by atoms with Crippen LogP contribution in [0.3, 0.4) is 0 Å². The molecule has 0 aromatic carbocycles. The first-order valence-corrected chi connectivity index (χ1v) is 8.43. The van der Waals surface area contributed by atoms with Crippen LogP contribution >= 0.6 is 11.3 Å². The normalized spacial score (nSPS) is 14.0. The van der Waals surface area contributed by atoms with E-state index >= 15 is 0 Å². The van der Waals surface area contributed by atoms with Gasteiger partial charge in [0.25, 0.3) is 0 Å². The van der Waals surface area contributed by atoms with Crippen molar-refractivity contribution in [2.24, 2.45) is 5.73 Å². The van der Waals surface area contributed by atoms with E-state index in [0.29, 0.717) is 6.04 Å². The molecule has 2 nitrogen and oxygen atoms in total. The van der Waals surface area contributed by atoms with E-state index in [9.17, 15) is 0 Å². The number of hydrogen-bond donors (Lipinski definition) is 1. The lowest BCUT2D eigenvalue weighted by molar-refractivity contribution is 0.0663. The van der Waals surface area contributed by atoms with Gasteiger partial charge in [0.1, 0.15) is 0 Å². The Bertz CT molecular complexity index is 329. The lowest BCUT2D eigenvalue weighted by Gasteiger charge is -2.45. The SMILES string of the molecule is CCCC(CN)(CCC)N(C)C(C)Cc1cccs1. The van der Waals surface area contributed by atoms with Crippen molar-refractivity contribution < 1.29 is 0 Å². The third kappa shape index (κ3) is 4.30. The fourth-order valence-corrected chi connectivity index (χ4v) is 3.91. The van der Waals surface area contributed by atoms with Gasteiger partial charge in [0.05, 0.1) is 0 Å². The Balaban J connectivity index is 2.76. The molecule has 0 spiro atoms. The van der Waals surface area contributed by atoms with Crippen LogP contribution in [-0.4, -0.2) is 30.1 Å². The van der Waals surface area contributed by atoms with Crippen molar-refractivity contribution in [2.75, 3.05) is 13.6 Å². The van der Waals surface area contributed by atoms with Gasteiger partial charge in [-0.05, 0) is 44.7 Å². The molecule has 0 fully saturated rings. The minimum Gasteiger partial charge on any atom is -0.329 e. The number of likely N-dealkylation sites (N-methyl/N-ethyl adjacent to an activating group) is 1. The molecule has 0 saturated carbocycles. The fourth-order valence-electron chi connectivity index (χ4n) is 3.08. The van der Waals surface area contributed by atoms with Crippen LogP contribution < -0.4 is 5.73 Å². The molecule has 3 heteroatoms. The number of hydrogen-bond acceptors (Lipinski definition) is 3. The highest BCUT2D eigenvalue weighted by molar-refractivity contribution is 7.09. The molecule has 0 aliphatic rings. The van der Waals surface area contributed by atoms with Crippen LogP contribution in [0.25, 0.3) is 0 Å². The number of nitrogens with zero attached hydrogens (tertiary/aromatic N) is 1. The van der Waals surface area contributed by atoms with Gasteiger partial charge in [-0.15, -0.1) is 11.3 Å². The average molecular weight is 282 g/mol. The van der Waals surface area contributed by atoms with Crippen molar-refractivity contribution in [2.45, 2.75) is 64.5 Å². The first-order valence-electron chi connectivity index (χ1n) is 7.55. The Labute approximate surface area is 123 Å². The van der Waals surface area contributed by atoms with E-state index in [2.05, 4.69) is 50.2 Å². The molecule has 0 bridgehead atoms. The van der Waals surface area contributed by atoms with Gasteiger partial charge in [-0.25, -0.2) is 0 Å². The van der Waals surface area contributed by atoms with Crippen LogP contribution in [0.4, 0.5) is 0 Å². The van der Waals surface area contributed by atoms with E-state index < -0.39 is 0 Å². The van der Waals surface area contributed by atoms with Gasteiger partial charge in [0.2, 0.25) is 0 Å². The zero-order valence-electron chi connectivity index (χ0n) is 13.0. The summed E-state index contributed by atoms with van der Waals surface area (Å²) in [7, 11) is 2.26. The number of thiophene rings is 1. The molecule has 0 amide bonds. The topological polar surface area (TPSA) is 29.3 Å². The molecular weight excluding hydrogens is 252 g/mol. The third-order valence-electron chi connectivity index (χ3n) is 4.30. The zero-order chi connectivity index (χ0) is 14.3. The summed E-state index contributed by atoms with van der Waals surface area (Å²) in [5.74, 6) is 0. The van der Waals surface area contributed by atoms with Gasteiger partial charge in [-0.1, -0.05) is 32.8 Å². The maximum absolute atomic E-state index is 6.15. The van der Waals surface area contributed by atoms with Crippen molar-refractivity contribution in [1.82, 2.24) is 4.90 Å². The lowest BCUT2D eigenvalue weighted by atomic mass is 9.85. The van der Waals surface area contributed by atoms with E-state index in [4.69, 9.17) is 5.73 Å². The van der Waals surface area contributed by atoms with E-state index in [1.807, 2.05) is 11.3 Å². The van der Waals surface area contributed by atoms with Gasteiger partial charge in [0.15, 0.2) is 0 Å². The second-order valence-corrected chi connectivity index (χ2v) is 6.70. The maximum atomic E-state index is 6.15. The van der Waals surface area contributed by atoms with Gasteiger partial charge < -0.3 is 5.73 Å². The summed E-state index contributed by atoms with van der Waals surface area (Å²) in [6, 6.07) is 4.92. The van der Waals surface area contributed by atoms with Gasteiger partial charge in [0, 0.05) is 23.0 Å². The predicted molar refractivity (Wildman–Crippen MR) is 86.8 cm³/mol. The molecule has 1 rings (SSSR count). The summed E-state index contributed by atoms with van der Waals surface area (Å²) in [4.78, 5) is 4.01. The van der Waals surface area contributed by atoms with Crippen LogP contribution in [0.2, 0.25) is 0 Å². The van der Waals surface area contributed by atoms with Crippen molar-refractivity contribution in [1.29, 1.82) is 0 Å². The first kappa shape index (κ1) is 16.7. The number of rotatable bonds is 9. The summed E-state index contributed by atoms with van der Waals surface area (Å²) in [5.41, 5.74) is 6.33. The molecule has 1 heterocycles. The first-order chi connectivity index (χ1) is 9.09. The largest absolute Gasteiger partial charge is 0.329 e. The molecule has 19 heavy (non-hydrogen) atoms. The summed E-state index contributed by atoms with van der Waals surface area (Å²) in [6.07, 6.45) is 5.93. The van der Waals surface area contributed by atoms with E-state index in [1.165, 1.54) is 30.6 Å². The Morgan fingerprint density at radius 3 is 2.37 bits per heavy atom. The monoisotopic (exact) mass is 282 g/mol. The molecule has 0 aliphatic carbocycles. The maximum Gasteiger partial charge on any atom is 0.0331 e. The fraction of sp³-hybridized carbons (Fsp3) is 0.750. The van der Waals surface area contributed by atoms with E-state index in [0.717, 1.165) is 13.0 Å². The minimum absolute atomic E-state index is 0.181. The summed E-state index contributed by atoms with van der Waals surface area (Å²) in [5, 5.41) is 2.16. The zero-order valence-corrected chi connectivity index (χ0v) is 13.8. The minimum atomic E-state index is 0.181. The van der Waals surface area contributed by atoms with Gasteiger partial charge in [-0.3, -0.25) is 4.90 Å². The average Bonchev–Trinajstić information content (AvgIpc) is 2.90. The number of nitrogens with two attached hydrogens (primary N) is 1. The highest BCUT2D eigenvalue weighted by atomic mass is 32.1.